The van der Waals surface area contributed by atoms with Gasteiger partial charge in [0, 0.05) is 17.1 Å². The van der Waals surface area contributed by atoms with Crippen molar-refractivity contribution in [2.24, 2.45) is 0 Å². The first kappa shape index (κ1) is 14.0. The molecule has 0 aromatic carbocycles. The largest absolute Gasteiger partial charge is 0.309 e. The molecule has 3 aromatic rings. The Morgan fingerprint density at radius 3 is 2.81 bits per heavy atom. The van der Waals surface area contributed by atoms with E-state index in [1.54, 1.807) is 11.3 Å². The zero-order valence-electron chi connectivity index (χ0n) is 12.2. The third-order valence-electron chi connectivity index (χ3n) is 3.19. The van der Waals surface area contributed by atoms with Crippen LogP contribution in [0.15, 0.2) is 16.9 Å². The summed E-state index contributed by atoms with van der Waals surface area (Å²) < 4.78 is 0. The summed E-state index contributed by atoms with van der Waals surface area (Å²) in [4.78, 5) is 23.4. The lowest BCUT2D eigenvalue weighted by molar-refractivity contribution is 0.307. The third kappa shape index (κ3) is 3.03. The van der Waals surface area contributed by atoms with Gasteiger partial charge in [0.25, 0.3) is 5.56 Å². The Hall–Kier alpha value is -1.99. The number of aryl methyl sites for hydroxylation is 2. The molecule has 0 radical (unpaired) electrons. The number of nitrogens with zero attached hydrogens (tertiary/aromatic N) is 3. The summed E-state index contributed by atoms with van der Waals surface area (Å²) in [6.45, 7) is 5.24. The van der Waals surface area contributed by atoms with E-state index < -0.39 is 0 Å². The molecule has 0 aliphatic rings. The van der Waals surface area contributed by atoms with Crippen LogP contribution in [-0.4, -0.2) is 32.1 Å². The Bertz CT molecular complexity index is 831. The van der Waals surface area contributed by atoms with E-state index in [9.17, 15) is 4.79 Å². The van der Waals surface area contributed by atoms with Crippen molar-refractivity contribution in [3.63, 3.8) is 0 Å². The quantitative estimate of drug-likeness (QED) is 0.772. The predicted octanol–water partition coefficient (Wildman–Crippen LogP) is 1.96. The minimum atomic E-state index is -0.0663. The second-order valence-corrected chi connectivity index (χ2v) is 6.54. The van der Waals surface area contributed by atoms with Gasteiger partial charge in [-0.25, -0.2) is 4.98 Å². The van der Waals surface area contributed by atoms with Crippen LogP contribution in [0.4, 0.5) is 0 Å². The fourth-order valence-electron chi connectivity index (χ4n) is 2.32. The van der Waals surface area contributed by atoms with Crippen molar-refractivity contribution in [3.8, 4) is 0 Å². The molecule has 0 saturated carbocycles. The van der Waals surface area contributed by atoms with Crippen LogP contribution in [0.2, 0.25) is 0 Å². The normalized spacial score (nSPS) is 11.6. The molecule has 6 nitrogen and oxygen atoms in total. The van der Waals surface area contributed by atoms with Crippen molar-refractivity contribution in [1.82, 2.24) is 25.1 Å². The molecule has 2 N–H and O–H groups in total. The average Bonchev–Trinajstić information content (AvgIpc) is 2.95. The maximum absolute atomic E-state index is 12.0. The molecule has 3 aromatic heterocycles. The van der Waals surface area contributed by atoms with Gasteiger partial charge < -0.3 is 4.98 Å². The first-order chi connectivity index (χ1) is 10.0. The van der Waals surface area contributed by atoms with Gasteiger partial charge in [0.1, 0.15) is 10.7 Å². The Balaban J connectivity index is 1.79. The summed E-state index contributed by atoms with van der Waals surface area (Å²) in [6, 6.07) is 3.89. The molecule has 110 valence electrons. The number of hydrogen-bond donors (Lipinski definition) is 2. The third-order valence-corrected chi connectivity index (χ3v) is 4.13. The van der Waals surface area contributed by atoms with Gasteiger partial charge in [-0.2, -0.15) is 5.10 Å². The van der Waals surface area contributed by atoms with Crippen LogP contribution < -0.4 is 5.56 Å². The predicted molar refractivity (Wildman–Crippen MR) is 83.5 cm³/mol. The molecule has 0 aliphatic heterocycles. The molecular weight excluding hydrogens is 286 g/mol. The second kappa shape index (κ2) is 5.42. The van der Waals surface area contributed by atoms with Gasteiger partial charge in [-0.15, -0.1) is 11.3 Å². The first-order valence-electron chi connectivity index (χ1n) is 6.70. The van der Waals surface area contributed by atoms with Crippen molar-refractivity contribution >= 4 is 21.6 Å². The number of thiophene rings is 1. The van der Waals surface area contributed by atoms with Gasteiger partial charge in [-0.05, 0) is 33.0 Å². The first-order valence-corrected chi connectivity index (χ1v) is 7.51. The molecule has 3 rings (SSSR count). The Morgan fingerprint density at radius 2 is 2.10 bits per heavy atom. The Kier molecular flexibility index (Phi) is 3.60. The highest BCUT2D eigenvalue weighted by atomic mass is 32.1. The number of aromatic nitrogens is 4. The molecule has 0 unspecified atom stereocenters. The molecule has 21 heavy (non-hydrogen) atoms. The lowest BCUT2D eigenvalue weighted by Crippen LogP contribution is -2.21. The molecule has 0 spiro atoms. The number of rotatable bonds is 4. The van der Waals surface area contributed by atoms with Gasteiger partial charge in [-0.1, -0.05) is 0 Å². The molecule has 7 heteroatoms. The molecule has 0 saturated heterocycles. The van der Waals surface area contributed by atoms with Crippen LogP contribution in [0.25, 0.3) is 10.2 Å². The fraction of sp³-hybridized carbons (Fsp3) is 0.357. The van der Waals surface area contributed by atoms with E-state index >= 15 is 0 Å². The molecule has 0 amide bonds. The molecule has 0 fully saturated rings. The fourth-order valence-corrected chi connectivity index (χ4v) is 3.21. The van der Waals surface area contributed by atoms with E-state index in [1.807, 2.05) is 33.0 Å². The maximum Gasteiger partial charge on any atom is 0.259 e. The SMILES string of the molecule is Cc1cc(CN(C)Cc2nc3sc(C)cc3c(=O)[nH]2)n[nH]1. The summed E-state index contributed by atoms with van der Waals surface area (Å²) in [6.07, 6.45) is 0. The minimum absolute atomic E-state index is 0.0663. The van der Waals surface area contributed by atoms with Crippen LogP contribution in [0.5, 0.6) is 0 Å². The highest BCUT2D eigenvalue weighted by Gasteiger charge is 2.10. The summed E-state index contributed by atoms with van der Waals surface area (Å²) in [5, 5.41) is 7.81. The van der Waals surface area contributed by atoms with E-state index in [0.29, 0.717) is 24.3 Å². The van der Waals surface area contributed by atoms with Crippen LogP contribution in [0.1, 0.15) is 22.1 Å². The zero-order chi connectivity index (χ0) is 15.0. The summed E-state index contributed by atoms with van der Waals surface area (Å²) in [5.74, 6) is 0.684. The topological polar surface area (TPSA) is 77.7 Å². The van der Waals surface area contributed by atoms with Gasteiger partial charge in [0.15, 0.2) is 0 Å². The van der Waals surface area contributed by atoms with Crippen LogP contribution in [0.3, 0.4) is 0 Å². The van der Waals surface area contributed by atoms with Crippen molar-refractivity contribution in [2.75, 3.05) is 7.05 Å². The lowest BCUT2D eigenvalue weighted by atomic mass is 10.3. The summed E-state index contributed by atoms with van der Waals surface area (Å²) in [5.41, 5.74) is 1.95. The van der Waals surface area contributed by atoms with Gasteiger partial charge >= 0.3 is 0 Å². The van der Waals surface area contributed by atoms with E-state index in [2.05, 4.69) is 25.1 Å². The maximum atomic E-state index is 12.0. The monoisotopic (exact) mass is 303 g/mol. The van der Waals surface area contributed by atoms with Crippen molar-refractivity contribution in [1.29, 1.82) is 0 Å². The number of aromatic amines is 2. The zero-order valence-corrected chi connectivity index (χ0v) is 13.0. The highest BCUT2D eigenvalue weighted by molar-refractivity contribution is 7.18. The van der Waals surface area contributed by atoms with Crippen LogP contribution >= 0.6 is 11.3 Å². The summed E-state index contributed by atoms with van der Waals surface area (Å²) >= 11 is 1.55. The van der Waals surface area contributed by atoms with E-state index in [1.165, 1.54) is 0 Å². The van der Waals surface area contributed by atoms with Crippen molar-refractivity contribution < 1.29 is 0 Å². The number of H-pyrrole nitrogens is 2. The van der Waals surface area contributed by atoms with Gasteiger partial charge in [0.2, 0.25) is 0 Å². The number of nitrogens with one attached hydrogen (secondary N) is 2. The average molecular weight is 303 g/mol. The van der Waals surface area contributed by atoms with Crippen molar-refractivity contribution in [3.05, 3.63) is 44.6 Å². The van der Waals surface area contributed by atoms with E-state index in [-0.39, 0.29) is 5.56 Å². The number of fused-ring (bicyclic) bond motifs is 1. The molecule has 3 heterocycles. The van der Waals surface area contributed by atoms with Gasteiger partial charge in [-0.3, -0.25) is 14.8 Å². The smallest absolute Gasteiger partial charge is 0.259 e. The molecule has 0 aliphatic carbocycles. The highest BCUT2D eigenvalue weighted by Crippen LogP contribution is 2.20. The van der Waals surface area contributed by atoms with E-state index in [4.69, 9.17) is 0 Å². The summed E-state index contributed by atoms with van der Waals surface area (Å²) in [7, 11) is 1.98. The molecular formula is C14H17N5OS. The molecule has 0 bridgehead atoms. The van der Waals surface area contributed by atoms with Crippen LogP contribution in [0, 0.1) is 13.8 Å². The number of hydrogen-bond acceptors (Lipinski definition) is 5. The van der Waals surface area contributed by atoms with Gasteiger partial charge in [0.05, 0.1) is 17.6 Å². The standard InChI is InChI=1S/C14H17N5OS/c1-8-4-10(18-17-8)6-19(3)7-12-15-13(20)11-5-9(2)21-14(11)16-12/h4-5H,6-7H2,1-3H3,(H,17,18)(H,15,16,20). The van der Waals surface area contributed by atoms with E-state index in [0.717, 1.165) is 21.1 Å². The minimum Gasteiger partial charge on any atom is -0.309 e. The van der Waals surface area contributed by atoms with Crippen molar-refractivity contribution in [2.45, 2.75) is 26.9 Å². The van der Waals surface area contributed by atoms with Crippen LogP contribution in [-0.2, 0) is 13.1 Å². The molecule has 0 atom stereocenters. The lowest BCUT2D eigenvalue weighted by Gasteiger charge is -2.14. The Morgan fingerprint density at radius 1 is 1.29 bits per heavy atom. The Labute approximate surface area is 125 Å². The second-order valence-electron chi connectivity index (χ2n) is 5.30.